The quantitative estimate of drug-likeness (QED) is 0.842. The lowest BCUT2D eigenvalue weighted by molar-refractivity contribution is 0.0599. The van der Waals surface area contributed by atoms with Gasteiger partial charge in [-0.15, -0.1) is 0 Å². The second-order valence-corrected chi connectivity index (χ2v) is 3.95. The zero-order chi connectivity index (χ0) is 13.0. The van der Waals surface area contributed by atoms with Crippen molar-refractivity contribution in [2.45, 2.75) is 6.42 Å². The second-order valence-electron chi connectivity index (χ2n) is 3.95. The van der Waals surface area contributed by atoms with Gasteiger partial charge in [-0.25, -0.2) is 4.79 Å². The fourth-order valence-electron chi connectivity index (χ4n) is 1.85. The first kappa shape index (κ1) is 12.2. The highest BCUT2D eigenvalue weighted by molar-refractivity contribution is 5.91. The number of benzene rings is 2. The van der Waals surface area contributed by atoms with Crippen LogP contribution in [-0.2, 0) is 11.2 Å². The molecule has 0 aliphatic rings. The molecular formula is C15H14O3. The second kappa shape index (κ2) is 5.36. The van der Waals surface area contributed by atoms with Crippen molar-refractivity contribution in [3.05, 3.63) is 65.2 Å². The molecule has 3 nitrogen and oxygen atoms in total. The molecule has 0 unspecified atom stereocenters. The molecule has 0 aromatic heterocycles. The van der Waals surface area contributed by atoms with E-state index >= 15 is 0 Å². The van der Waals surface area contributed by atoms with Gasteiger partial charge in [-0.05, 0) is 23.3 Å². The van der Waals surface area contributed by atoms with Crippen molar-refractivity contribution in [1.82, 2.24) is 0 Å². The fraction of sp³-hybridized carbons (Fsp3) is 0.133. The Bertz CT molecular complexity index is 561. The van der Waals surface area contributed by atoms with Crippen LogP contribution in [0.2, 0.25) is 0 Å². The number of ether oxygens (including phenoxy) is 1. The van der Waals surface area contributed by atoms with Gasteiger partial charge in [0.2, 0.25) is 0 Å². The van der Waals surface area contributed by atoms with Crippen LogP contribution in [0.4, 0.5) is 0 Å². The van der Waals surface area contributed by atoms with Crippen LogP contribution in [0.25, 0.3) is 0 Å². The molecule has 0 aliphatic carbocycles. The number of esters is 1. The van der Waals surface area contributed by atoms with Crippen LogP contribution in [0.15, 0.2) is 48.5 Å². The van der Waals surface area contributed by atoms with Crippen molar-refractivity contribution in [2.24, 2.45) is 0 Å². The van der Waals surface area contributed by atoms with Crippen LogP contribution in [0, 0.1) is 0 Å². The Kier molecular flexibility index (Phi) is 3.63. The zero-order valence-electron chi connectivity index (χ0n) is 10.1. The molecule has 0 spiro atoms. The molecule has 0 bridgehead atoms. The van der Waals surface area contributed by atoms with Crippen LogP contribution in [-0.4, -0.2) is 18.2 Å². The molecule has 0 aliphatic heterocycles. The molecule has 2 aromatic rings. The highest BCUT2D eigenvalue weighted by Gasteiger charge is 2.12. The highest BCUT2D eigenvalue weighted by atomic mass is 16.5. The first-order chi connectivity index (χ1) is 8.72. The van der Waals surface area contributed by atoms with Gasteiger partial charge in [-0.2, -0.15) is 0 Å². The standard InChI is InChI=1S/C15H14O3/c1-18-15(17)13-8-4-2-6-11(13)10-12-7-3-5-9-14(12)16/h2-9,16H,10H2,1H3. The Morgan fingerprint density at radius 1 is 1.06 bits per heavy atom. The smallest absolute Gasteiger partial charge is 0.338 e. The van der Waals surface area contributed by atoms with Crippen LogP contribution in [0.1, 0.15) is 21.5 Å². The predicted molar refractivity (Wildman–Crippen MR) is 68.7 cm³/mol. The van der Waals surface area contributed by atoms with E-state index in [1.54, 1.807) is 24.3 Å². The molecule has 2 aromatic carbocycles. The van der Waals surface area contributed by atoms with Gasteiger partial charge in [0.1, 0.15) is 5.75 Å². The maximum Gasteiger partial charge on any atom is 0.338 e. The number of para-hydroxylation sites is 1. The van der Waals surface area contributed by atoms with Gasteiger partial charge in [-0.3, -0.25) is 0 Å². The molecule has 3 heteroatoms. The molecule has 18 heavy (non-hydrogen) atoms. The molecule has 0 heterocycles. The van der Waals surface area contributed by atoms with Crippen LogP contribution in [0.5, 0.6) is 5.75 Å². The summed E-state index contributed by atoms with van der Waals surface area (Å²) in [6, 6.07) is 14.3. The Morgan fingerprint density at radius 3 is 2.33 bits per heavy atom. The Labute approximate surface area is 106 Å². The summed E-state index contributed by atoms with van der Waals surface area (Å²) in [6.45, 7) is 0. The van der Waals surface area contributed by atoms with Crippen molar-refractivity contribution >= 4 is 5.97 Å². The van der Waals surface area contributed by atoms with E-state index in [-0.39, 0.29) is 11.7 Å². The number of methoxy groups -OCH3 is 1. The van der Waals surface area contributed by atoms with Gasteiger partial charge < -0.3 is 9.84 Å². The topological polar surface area (TPSA) is 46.5 Å². The van der Waals surface area contributed by atoms with E-state index in [0.717, 1.165) is 11.1 Å². The summed E-state index contributed by atoms with van der Waals surface area (Å²) in [6.07, 6.45) is 0.498. The predicted octanol–water partition coefficient (Wildman–Crippen LogP) is 2.77. The summed E-state index contributed by atoms with van der Waals surface area (Å²) in [5.74, 6) is -0.127. The molecule has 1 N–H and O–H groups in total. The lowest BCUT2D eigenvalue weighted by Gasteiger charge is -2.08. The summed E-state index contributed by atoms with van der Waals surface area (Å²) < 4.78 is 4.74. The lowest BCUT2D eigenvalue weighted by atomic mass is 9.99. The maximum atomic E-state index is 11.6. The molecule has 0 saturated heterocycles. The van der Waals surface area contributed by atoms with Crippen molar-refractivity contribution in [3.63, 3.8) is 0 Å². The average molecular weight is 242 g/mol. The third-order valence-electron chi connectivity index (χ3n) is 2.80. The molecule has 0 saturated carbocycles. The third-order valence-corrected chi connectivity index (χ3v) is 2.80. The molecule has 92 valence electrons. The molecule has 0 amide bonds. The van der Waals surface area contributed by atoms with E-state index in [2.05, 4.69) is 0 Å². The summed E-state index contributed by atoms with van der Waals surface area (Å²) in [7, 11) is 1.36. The fourth-order valence-corrected chi connectivity index (χ4v) is 1.85. The number of carbonyl (C=O) groups is 1. The van der Waals surface area contributed by atoms with E-state index < -0.39 is 0 Å². The highest BCUT2D eigenvalue weighted by Crippen LogP contribution is 2.21. The first-order valence-electron chi connectivity index (χ1n) is 5.65. The zero-order valence-corrected chi connectivity index (χ0v) is 10.1. The number of carbonyl (C=O) groups excluding carboxylic acids is 1. The third kappa shape index (κ3) is 2.51. The molecule has 2 rings (SSSR count). The van der Waals surface area contributed by atoms with Crippen molar-refractivity contribution < 1.29 is 14.6 Å². The van der Waals surface area contributed by atoms with Crippen LogP contribution in [0.3, 0.4) is 0 Å². The molecule has 0 fully saturated rings. The molecule has 0 atom stereocenters. The van der Waals surface area contributed by atoms with Crippen molar-refractivity contribution in [2.75, 3.05) is 7.11 Å². The Morgan fingerprint density at radius 2 is 1.67 bits per heavy atom. The average Bonchev–Trinajstić information content (AvgIpc) is 2.41. The monoisotopic (exact) mass is 242 g/mol. The summed E-state index contributed by atoms with van der Waals surface area (Å²) in [5, 5.41) is 9.74. The van der Waals surface area contributed by atoms with E-state index in [1.807, 2.05) is 24.3 Å². The summed E-state index contributed by atoms with van der Waals surface area (Å²) in [4.78, 5) is 11.6. The van der Waals surface area contributed by atoms with Crippen LogP contribution < -0.4 is 0 Å². The molecular weight excluding hydrogens is 228 g/mol. The number of hydrogen-bond acceptors (Lipinski definition) is 3. The first-order valence-corrected chi connectivity index (χ1v) is 5.65. The van der Waals surface area contributed by atoms with Gasteiger partial charge >= 0.3 is 5.97 Å². The maximum absolute atomic E-state index is 11.6. The minimum atomic E-state index is -0.360. The number of phenols is 1. The van der Waals surface area contributed by atoms with Gasteiger partial charge in [0.15, 0.2) is 0 Å². The largest absolute Gasteiger partial charge is 0.508 e. The van der Waals surface area contributed by atoms with E-state index in [9.17, 15) is 9.90 Å². The van der Waals surface area contributed by atoms with Gasteiger partial charge in [0.05, 0.1) is 12.7 Å². The minimum Gasteiger partial charge on any atom is -0.508 e. The van der Waals surface area contributed by atoms with Gasteiger partial charge in [0, 0.05) is 6.42 Å². The van der Waals surface area contributed by atoms with Crippen LogP contribution >= 0.6 is 0 Å². The van der Waals surface area contributed by atoms with Gasteiger partial charge in [-0.1, -0.05) is 36.4 Å². The summed E-state index contributed by atoms with van der Waals surface area (Å²) >= 11 is 0. The number of aromatic hydroxyl groups is 1. The van der Waals surface area contributed by atoms with E-state index in [4.69, 9.17) is 4.74 Å². The summed E-state index contributed by atoms with van der Waals surface area (Å²) in [5.41, 5.74) is 2.16. The Balaban J connectivity index is 2.35. The normalized spacial score (nSPS) is 10.1. The van der Waals surface area contributed by atoms with Gasteiger partial charge in [0.25, 0.3) is 0 Å². The lowest BCUT2D eigenvalue weighted by Crippen LogP contribution is -2.06. The van der Waals surface area contributed by atoms with E-state index in [1.165, 1.54) is 7.11 Å². The van der Waals surface area contributed by atoms with Crippen molar-refractivity contribution in [3.8, 4) is 5.75 Å². The molecule has 0 radical (unpaired) electrons. The Hall–Kier alpha value is -2.29. The van der Waals surface area contributed by atoms with Crippen molar-refractivity contribution in [1.29, 1.82) is 0 Å². The minimum absolute atomic E-state index is 0.233. The number of rotatable bonds is 3. The SMILES string of the molecule is COC(=O)c1ccccc1Cc1ccccc1O. The number of phenolic OH excluding ortho intramolecular Hbond substituents is 1. The number of hydrogen-bond donors (Lipinski definition) is 1. The van der Waals surface area contributed by atoms with E-state index in [0.29, 0.717) is 12.0 Å².